The van der Waals surface area contributed by atoms with Gasteiger partial charge in [-0.15, -0.1) is 18.3 Å². The summed E-state index contributed by atoms with van der Waals surface area (Å²) in [6.07, 6.45) is 2.67. The Labute approximate surface area is 64.3 Å². The van der Waals surface area contributed by atoms with E-state index in [2.05, 4.69) is 6.58 Å². The van der Waals surface area contributed by atoms with Crippen LogP contribution in [0.4, 0.5) is 0 Å². The molecule has 0 radical (unpaired) electrons. The number of nitrogens with zero attached hydrogens (tertiary/aromatic N) is 1. The van der Waals surface area contributed by atoms with E-state index in [1.165, 1.54) is 0 Å². The zero-order valence-corrected chi connectivity index (χ0v) is 6.43. The summed E-state index contributed by atoms with van der Waals surface area (Å²) in [6.45, 7) is 4.59. The van der Waals surface area contributed by atoms with Crippen molar-refractivity contribution in [2.24, 2.45) is 0 Å². The molecule has 0 aliphatic carbocycles. The molecule has 2 saturated heterocycles. The number of hydrogen-bond donors (Lipinski definition) is 0. The number of amides is 1. The first kappa shape index (κ1) is 6.28. The van der Waals surface area contributed by atoms with Gasteiger partial charge in [0.1, 0.15) is 0 Å². The predicted molar refractivity (Wildman–Crippen MR) is 41.7 cm³/mol. The molecule has 0 spiro atoms. The van der Waals surface area contributed by atoms with Crippen molar-refractivity contribution in [2.45, 2.75) is 17.0 Å². The zero-order valence-electron chi connectivity index (χ0n) is 5.62. The smallest absolute Gasteiger partial charge is 0.226 e. The molecule has 0 N–H and O–H groups in total. The maximum absolute atomic E-state index is 10.9. The van der Waals surface area contributed by atoms with Gasteiger partial charge in [0.25, 0.3) is 0 Å². The Kier molecular flexibility index (Phi) is 1.27. The van der Waals surface area contributed by atoms with E-state index < -0.39 is 0 Å². The Morgan fingerprint density at radius 3 is 3.10 bits per heavy atom. The third-order valence-electron chi connectivity index (χ3n) is 1.99. The second-order valence-corrected chi connectivity index (χ2v) is 4.04. The number of thioether (sulfide) groups is 1. The van der Waals surface area contributed by atoms with Crippen LogP contribution in [0, 0.1) is 0 Å². The predicted octanol–water partition coefficient (Wildman–Crippen LogP) is 0.846. The number of β-lactam (4-membered cyclic amide) rings is 1. The summed E-state index contributed by atoms with van der Waals surface area (Å²) in [7, 11) is 0. The molecule has 1 unspecified atom stereocenters. The van der Waals surface area contributed by atoms with Crippen LogP contribution in [0.5, 0.6) is 0 Å². The van der Waals surface area contributed by atoms with Crippen molar-refractivity contribution in [3.8, 4) is 0 Å². The summed E-state index contributed by atoms with van der Waals surface area (Å²) >= 11 is 1.85. The fourth-order valence-corrected chi connectivity index (χ4v) is 2.69. The molecule has 0 saturated carbocycles. The minimum absolute atomic E-state index is 0.307. The van der Waals surface area contributed by atoms with Gasteiger partial charge >= 0.3 is 0 Å². The van der Waals surface area contributed by atoms with Crippen molar-refractivity contribution in [1.82, 2.24) is 4.90 Å². The molecular formula is C7H9NOS. The van der Waals surface area contributed by atoms with Crippen molar-refractivity contribution in [3.05, 3.63) is 12.7 Å². The molecule has 2 rings (SSSR count). The first-order chi connectivity index (χ1) is 4.81. The molecule has 2 aliphatic heterocycles. The molecule has 0 aromatic rings. The van der Waals surface area contributed by atoms with E-state index in [1.807, 2.05) is 22.7 Å². The van der Waals surface area contributed by atoms with Crippen LogP contribution in [0.2, 0.25) is 0 Å². The highest BCUT2D eigenvalue weighted by Gasteiger charge is 2.43. The fourth-order valence-electron chi connectivity index (χ4n) is 1.33. The number of carbonyl (C=O) groups excluding carboxylic acids is 1. The normalized spacial score (nSPS) is 37.2. The van der Waals surface area contributed by atoms with Gasteiger partial charge in [-0.05, 0) is 0 Å². The largest absolute Gasteiger partial charge is 0.329 e. The van der Waals surface area contributed by atoms with Crippen molar-refractivity contribution in [3.63, 3.8) is 0 Å². The lowest BCUT2D eigenvalue weighted by atomic mass is 10.2. The summed E-state index contributed by atoms with van der Waals surface area (Å²) in [6, 6.07) is 0. The van der Waals surface area contributed by atoms with Gasteiger partial charge in [0.05, 0.1) is 11.8 Å². The van der Waals surface area contributed by atoms with Crippen LogP contribution in [0.1, 0.15) is 6.42 Å². The van der Waals surface area contributed by atoms with Crippen LogP contribution < -0.4 is 0 Å². The number of carbonyl (C=O) groups is 1. The maximum Gasteiger partial charge on any atom is 0.226 e. The van der Waals surface area contributed by atoms with Crippen molar-refractivity contribution < 1.29 is 4.79 Å². The van der Waals surface area contributed by atoms with E-state index in [9.17, 15) is 4.79 Å². The van der Waals surface area contributed by atoms with Gasteiger partial charge in [0.2, 0.25) is 5.91 Å². The maximum atomic E-state index is 10.9. The minimum atomic E-state index is 0.307. The lowest BCUT2D eigenvalue weighted by molar-refractivity contribution is -0.140. The molecule has 2 aliphatic rings. The summed E-state index contributed by atoms with van der Waals surface area (Å²) in [4.78, 5) is 12.8. The summed E-state index contributed by atoms with van der Waals surface area (Å²) in [5.41, 5.74) is 0. The van der Waals surface area contributed by atoms with Gasteiger partial charge in [0, 0.05) is 11.8 Å². The van der Waals surface area contributed by atoms with Gasteiger partial charge in [-0.3, -0.25) is 4.79 Å². The highest BCUT2D eigenvalue weighted by molar-refractivity contribution is 8.01. The summed E-state index contributed by atoms with van der Waals surface area (Å²) in [5.74, 6) is 0.307. The molecule has 2 fully saturated rings. The van der Waals surface area contributed by atoms with Crippen molar-refractivity contribution >= 4 is 17.7 Å². The Morgan fingerprint density at radius 1 is 1.80 bits per heavy atom. The highest BCUT2D eigenvalue weighted by atomic mass is 32.2. The van der Waals surface area contributed by atoms with Crippen LogP contribution in [-0.2, 0) is 4.79 Å². The molecular weight excluding hydrogens is 146 g/mol. The molecule has 0 aromatic heterocycles. The second-order valence-electron chi connectivity index (χ2n) is 2.62. The third-order valence-corrected chi connectivity index (χ3v) is 3.42. The molecule has 3 heteroatoms. The van der Waals surface area contributed by atoms with E-state index >= 15 is 0 Å². The van der Waals surface area contributed by atoms with Gasteiger partial charge < -0.3 is 4.90 Å². The Morgan fingerprint density at radius 2 is 2.60 bits per heavy atom. The van der Waals surface area contributed by atoms with E-state index in [4.69, 9.17) is 0 Å². The molecule has 54 valence electrons. The molecule has 1 amide bonds. The average molecular weight is 155 g/mol. The fraction of sp³-hybridized carbons (Fsp3) is 0.571. The van der Waals surface area contributed by atoms with Crippen LogP contribution in [-0.4, -0.2) is 28.0 Å². The molecule has 2 atom stereocenters. The van der Waals surface area contributed by atoms with E-state index in [1.54, 1.807) is 0 Å². The van der Waals surface area contributed by atoms with E-state index in [0.717, 1.165) is 13.0 Å². The Balaban J connectivity index is 2.05. The molecule has 0 bridgehead atoms. The number of hydrogen-bond acceptors (Lipinski definition) is 2. The zero-order chi connectivity index (χ0) is 7.14. The van der Waals surface area contributed by atoms with Crippen LogP contribution >= 0.6 is 11.8 Å². The second kappa shape index (κ2) is 2.02. The lowest BCUT2D eigenvalue weighted by Crippen LogP contribution is -2.47. The van der Waals surface area contributed by atoms with Gasteiger partial charge in [-0.2, -0.15) is 0 Å². The first-order valence-corrected chi connectivity index (χ1v) is 4.33. The first-order valence-electron chi connectivity index (χ1n) is 3.39. The number of rotatable bonds is 1. The van der Waals surface area contributed by atoms with Crippen LogP contribution in [0.15, 0.2) is 12.7 Å². The quantitative estimate of drug-likeness (QED) is 0.413. The minimum Gasteiger partial charge on any atom is -0.329 e. The van der Waals surface area contributed by atoms with Crippen molar-refractivity contribution in [1.29, 1.82) is 0 Å². The molecule has 10 heavy (non-hydrogen) atoms. The van der Waals surface area contributed by atoms with Gasteiger partial charge in [-0.1, -0.05) is 6.08 Å². The van der Waals surface area contributed by atoms with Crippen molar-refractivity contribution in [2.75, 3.05) is 6.54 Å². The molecule has 2 nitrogen and oxygen atoms in total. The molecule has 0 aromatic carbocycles. The van der Waals surface area contributed by atoms with Crippen LogP contribution in [0.25, 0.3) is 0 Å². The summed E-state index contributed by atoms with van der Waals surface area (Å²) in [5, 5.41) is 0.965. The summed E-state index contributed by atoms with van der Waals surface area (Å²) < 4.78 is 0. The van der Waals surface area contributed by atoms with Gasteiger partial charge in [-0.25, -0.2) is 0 Å². The Hall–Kier alpha value is -0.440. The molecule has 2 heterocycles. The Bertz CT molecular complexity index is 192. The standard InChI is InChI=1S/C7H9NOS/c1-2-5-4-8-6(9)3-7(8)10-5/h2,5,7H,1,3-4H2/t5?,7-/m0/s1. The monoisotopic (exact) mass is 155 g/mol. The lowest BCUT2D eigenvalue weighted by Gasteiger charge is -2.32. The van der Waals surface area contributed by atoms with E-state index in [-0.39, 0.29) is 0 Å². The SMILES string of the molecule is C=CC1CN2C(=O)C[C@@H]2S1. The third kappa shape index (κ3) is 0.700. The van der Waals surface area contributed by atoms with Gasteiger partial charge in [0.15, 0.2) is 0 Å². The van der Waals surface area contributed by atoms with E-state index in [0.29, 0.717) is 16.5 Å². The number of fused-ring (bicyclic) bond motifs is 1. The average Bonchev–Trinajstić information content (AvgIpc) is 2.26. The van der Waals surface area contributed by atoms with Crippen LogP contribution in [0.3, 0.4) is 0 Å². The topological polar surface area (TPSA) is 20.3 Å². The highest BCUT2D eigenvalue weighted by Crippen LogP contribution is 2.39.